The predicted octanol–water partition coefficient (Wildman–Crippen LogP) is 0.953. The molecule has 24 heavy (non-hydrogen) atoms. The van der Waals surface area contributed by atoms with Crippen molar-refractivity contribution in [2.75, 3.05) is 25.0 Å². The number of carbonyl (C=O) groups excluding carboxylic acids is 2. The molecule has 1 fully saturated rings. The average Bonchev–Trinajstić information content (AvgIpc) is 3.05. The number of aromatic nitrogens is 1. The van der Waals surface area contributed by atoms with Crippen molar-refractivity contribution >= 4 is 17.5 Å². The average molecular weight is 328 g/mol. The number of ether oxygens (including phenoxy) is 1. The number of benzene rings is 1. The number of nitrogens with zero attached hydrogens (tertiary/aromatic N) is 1. The monoisotopic (exact) mass is 328 g/mol. The van der Waals surface area contributed by atoms with Crippen LogP contribution in [0.2, 0.25) is 0 Å². The summed E-state index contributed by atoms with van der Waals surface area (Å²) >= 11 is 0. The lowest BCUT2D eigenvalue weighted by Gasteiger charge is -2.32. The molecule has 0 bridgehead atoms. The van der Waals surface area contributed by atoms with E-state index in [0.717, 1.165) is 13.1 Å². The number of rotatable bonds is 5. The fourth-order valence-electron chi connectivity index (χ4n) is 2.68. The number of anilines is 1. The van der Waals surface area contributed by atoms with E-state index in [2.05, 4.69) is 27.3 Å². The molecule has 0 aliphatic carbocycles. The van der Waals surface area contributed by atoms with Gasteiger partial charge in [-0.25, -0.2) is 0 Å². The van der Waals surface area contributed by atoms with Crippen LogP contribution in [0.4, 0.5) is 5.69 Å². The topological polar surface area (TPSA) is 100 Å². The first-order chi connectivity index (χ1) is 11.6. The van der Waals surface area contributed by atoms with Crippen molar-refractivity contribution in [2.45, 2.75) is 12.6 Å². The Hall–Kier alpha value is -2.64. The van der Waals surface area contributed by atoms with Crippen molar-refractivity contribution in [1.82, 2.24) is 9.88 Å². The zero-order valence-corrected chi connectivity index (χ0v) is 13.2. The fraction of sp³-hybridized carbons (Fsp3) is 0.294. The van der Waals surface area contributed by atoms with Crippen LogP contribution in [-0.4, -0.2) is 47.5 Å². The number of H-pyrrole nitrogens is 1. The third-order valence-electron chi connectivity index (χ3n) is 3.91. The smallest absolute Gasteiger partial charge is 0.265 e. The van der Waals surface area contributed by atoms with E-state index in [-0.39, 0.29) is 11.6 Å². The minimum absolute atomic E-state index is 0.234. The normalized spacial score (nSPS) is 18.2. The molecule has 1 aromatic carbocycles. The molecule has 1 aliphatic rings. The number of nitrogens with one attached hydrogen (secondary N) is 2. The number of aromatic amines is 1. The van der Waals surface area contributed by atoms with Gasteiger partial charge >= 0.3 is 0 Å². The molecule has 0 radical (unpaired) electrons. The Balaban J connectivity index is 1.57. The number of carbonyl (C=O) groups is 2. The quantitative estimate of drug-likeness (QED) is 0.761. The van der Waals surface area contributed by atoms with Crippen LogP contribution in [0.5, 0.6) is 0 Å². The summed E-state index contributed by atoms with van der Waals surface area (Å²) in [4.78, 5) is 28.3. The second kappa shape index (κ2) is 7.29. The molecule has 1 atom stereocenters. The van der Waals surface area contributed by atoms with Crippen LogP contribution in [-0.2, 0) is 16.1 Å². The molecule has 1 saturated heterocycles. The van der Waals surface area contributed by atoms with E-state index >= 15 is 0 Å². The molecular formula is C17H20N4O3. The zero-order chi connectivity index (χ0) is 16.9. The summed E-state index contributed by atoms with van der Waals surface area (Å²) in [7, 11) is 0. The first-order valence-corrected chi connectivity index (χ1v) is 7.79. The Kier molecular flexibility index (Phi) is 4.93. The lowest BCUT2D eigenvalue weighted by atomic mass is 10.2. The van der Waals surface area contributed by atoms with Gasteiger partial charge in [0.15, 0.2) is 0 Å². The first kappa shape index (κ1) is 16.2. The molecule has 4 N–H and O–H groups in total. The van der Waals surface area contributed by atoms with Gasteiger partial charge in [-0.3, -0.25) is 14.5 Å². The van der Waals surface area contributed by atoms with E-state index in [0.29, 0.717) is 18.8 Å². The Bertz CT molecular complexity index is 714. The van der Waals surface area contributed by atoms with E-state index in [1.54, 1.807) is 0 Å². The van der Waals surface area contributed by atoms with Crippen LogP contribution in [0.15, 0.2) is 42.6 Å². The Morgan fingerprint density at radius 1 is 1.33 bits per heavy atom. The van der Waals surface area contributed by atoms with Gasteiger partial charge < -0.3 is 20.8 Å². The number of hydrogen-bond acceptors (Lipinski definition) is 4. The largest absolute Gasteiger partial charge is 0.366 e. The maximum atomic E-state index is 12.4. The van der Waals surface area contributed by atoms with Crippen molar-refractivity contribution < 1.29 is 14.3 Å². The summed E-state index contributed by atoms with van der Waals surface area (Å²) in [5.74, 6) is -0.804. The molecule has 1 aromatic heterocycles. The third kappa shape index (κ3) is 4.01. The zero-order valence-electron chi connectivity index (χ0n) is 13.2. The summed E-state index contributed by atoms with van der Waals surface area (Å²) in [6.07, 6.45) is 0.983. The molecule has 0 unspecified atom stereocenters. The second-order valence-corrected chi connectivity index (χ2v) is 5.74. The van der Waals surface area contributed by atoms with Gasteiger partial charge in [0.05, 0.1) is 12.3 Å². The molecule has 2 amide bonds. The lowest BCUT2D eigenvalue weighted by Crippen LogP contribution is -2.47. The minimum Gasteiger partial charge on any atom is -0.366 e. The molecule has 0 spiro atoms. The molecule has 1 aliphatic heterocycles. The van der Waals surface area contributed by atoms with Gasteiger partial charge in [0.1, 0.15) is 11.8 Å². The van der Waals surface area contributed by atoms with Gasteiger partial charge in [0, 0.05) is 25.8 Å². The van der Waals surface area contributed by atoms with Crippen molar-refractivity contribution in [3.05, 3.63) is 53.9 Å². The molecule has 2 heterocycles. The van der Waals surface area contributed by atoms with Crippen LogP contribution in [0.3, 0.4) is 0 Å². The molecule has 3 rings (SSSR count). The van der Waals surface area contributed by atoms with Gasteiger partial charge in [-0.1, -0.05) is 30.3 Å². The van der Waals surface area contributed by atoms with E-state index < -0.39 is 12.0 Å². The van der Waals surface area contributed by atoms with Gasteiger partial charge in [-0.2, -0.15) is 0 Å². The van der Waals surface area contributed by atoms with Crippen LogP contribution >= 0.6 is 0 Å². The van der Waals surface area contributed by atoms with Crippen molar-refractivity contribution in [3.8, 4) is 0 Å². The van der Waals surface area contributed by atoms with E-state index in [9.17, 15) is 9.59 Å². The number of morpholine rings is 1. The van der Waals surface area contributed by atoms with Crippen LogP contribution in [0, 0.1) is 0 Å². The summed E-state index contributed by atoms with van der Waals surface area (Å²) < 4.78 is 5.58. The summed E-state index contributed by atoms with van der Waals surface area (Å²) in [5.41, 5.74) is 7.13. The lowest BCUT2D eigenvalue weighted by molar-refractivity contribution is -0.133. The molecule has 126 valence electrons. The SMILES string of the molecule is NC(=O)c1cc(NC(=O)[C@H]2CN(Cc3ccccc3)CCO2)c[nH]1. The van der Waals surface area contributed by atoms with Gasteiger partial charge in [-0.05, 0) is 11.6 Å². The van der Waals surface area contributed by atoms with Gasteiger partial charge in [0.2, 0.25) is 0 Å². The highest BCUT2D eigenvalue weighted by Crippen LogP contribution is 2.14. The van der Waals surface area contributed by atoms with Gasteiger partial charge in [0.25, 0.3) is 11.8 Å². The highest BCUT2D eigenvalue weighted by atomic mass is 16.5. The number of nitrogens with two attached hydrogens (primary N) is 1. The molecule has 7 heteroatoms. The maximum Gasteiger partial charge on any atom is 0.265 e. The molecule has 7 nitrogen and oxygen atoms in total. The van der Waals surface area contributed by atoms with Crippen LogP contribution in [0.25, 0.3) is 0 Å². The standard InChI is InChI=1S/C17H20N4O3/c18-16(22)14-8-13(9-19-14)20-17(23)15-11-21(6-7-24-15)10-12-4-2-1-3-5-12/h1-5,8-9,15,19H,6-7,10-11H2,(H2,18,22)(H,20,23)/t15-/m1/s1. The summed E-state index contributed by atoms with van der Waals surface area (Å²) in [5, 5.41) is 2.74. The van der Waals surface area contributed by atoms with Crippen LogP contribution < -0.4 is 11.1 Å². The first-order valence-electron chi connectivity index (χ1n) is 7.79. The van der Waals surface area contributed by atoms with Crippen molar-refractivity contribution in [2.24, 2.45) is 5.73 Å². The fourth-order valence-corrected chi connectivity index (χ4v) is 2.68. The number of hydrogen-bond donors (Lipinski definition) is 3. The minimum atomic E-state index is -0.571. The predicted molar refractivity (Wildman–Crippen MR) is 89.4 cm³/mol. The van der Waals surface area contributed by atoms with Gasteiger partial charge in [-0.15, -0.1) is 0 Å². The van der Waals surface area contributed by atoms with Crippen LogP contribution in [0.1, 0.15) is 16.1 Å². The molecule has 0 saturated carbocycles. The van der Waals surface area contributed by atoms with Crippen molar-refractivity contribution in [1.29, 1.82) is 0 Å². The third-order valence-corrected chi connectivity index (χ3v) is 3.91. The molecule has 2 aromatic rings. The summed E-state index contributed by atoms with van der Waals surface area (Å²) in [6, 6.07) is 11.6. The van der Waals surface area contributed by atoms with E-state index in [1.165, 1.54) is 17.8 Å². The Morgan fingerprint density at radius 2 is 2.12 bits per heavy atom. The Morgan fingerprint density at radius 3 is 2.83 bits per heavy atom. The highest BCUT2D eigenvalue weighted by Gasteiger charge is 2.27. The van der Waals surface area contributed by atoms with E-state index in [1.807, 2.05) is 18.2 Å². The number of primary amides is 1. The Labute approximate surface area is 139 Å². The van der Waals surface area contributed by atoms with Crippen molar-refractivity contribution in [3.63, 3.8) is 0 Å². The molecular weight excluding hydrogens is 308 g/mol. The van der Waals surface area contributed by atoms with E-state index in [4.69, 9.17) is 10.5 Å². The maximum absolute atomic E-state index is 12.4. The summed E-state index contributed by atoms with van der Waals surface area (Å²) in [6.45, 7) is 2.59. The number of amides is 2. The second-order valence-electron chi connectivity index (χ2n) is 5.74. The highest BCUT2D eigenvalue weighted by molar-refractivity contribution is 5.97.